The van der Waals surface area contributed by atoms with Crippen molar-refractivity contribution in [2.24, 2.45) is 5.73 Å². The number of nitrogens with two attached hydrogens (primary N) is 1. The molecule has 1 aliphatic rings. The van der Waals surface area contributed by atoms with Gasteiger partial charge in [-0.3, -0.25) is 4.79 Å². The number of benzene rings is 1. The number of amides is 1. The summed E-state index contributed by atoms with van der Waals surface area (Å²) in [7, 11) is 1.57. The first kappa shape index (κ1) is 19.7. The van der Waals surface area contributed by atoms with Crippen molar-refractivity contribution in [2.45, 2.75) is 37.7 Å². The van der Waals surface area contributed by atoms with Crippen LogP contribution in [0.5, 0.6) is 5.75 Å². The molecule has 6 nitrogen and oxygen atoms in total. The molecule has 3 N–H and O–H groups in total. The zero-order valence-electron chi connectivity index (χ0n) is 15.3. The number of rotatable bonds is 9. The van der Waals surface area contributed by atoms with Crippen LogP contribution < -0.4 is 15.8 Å². The van der Waals surface area contributed by atoms with Crippen LogP contribution in [0.25, 0.3) is 0 Å². The lowest BCUT2D eigenvalue weighted by Crippen LogP contribution is -2.45. The molecule has 0 aromatic heterocycles. The summed E-state index contributed by atoms with van der Waals surface area (Å²) in [4.78, 5) is 12.2. The van der Waals surface area contributed by atoms with Crippen LogP contribution in [0.1, 0.15) is 31.7 Å². The van der Waals surface area contributed by atoms with E-state index >= 15 is 0 Å². The van der Waals surface area contributed by atoms with E-state index in [2.05, 4.69) is 17.4 Å². The molecule has 1 aliphatic heterocycles. The summed E-state index contributed by atoms with van der Waals surface area (Å²) in [5.74, 6) is 0.831. The van der Waals surface area contributed by atoms with Gasteiger partial charge in [-0.25, -0.2) is 0 Å². The van der Waals surface area contributed by atoms with Crippen molar-refractivity contribution < 1.29 is 19.0 Å². The summed E-state index contributed by atoms with van der Waals surface area (Å²) < 4.78 is 16.3. The molecular weight excluding hydrogens is 320 g/mol. The second kappa shape index (κ2) is 9.75. The normalized spacial score (nSPS) is 17.7. The molecule has 0 radical (unpaired) electrons. The third-order valence-corrected chi connectivity index (χ3v) is 4.86. The largest absolute Gasteiger partial charge is 0.494 e. The minimum atomic E-state index is -0.240. The van der Waals surface area contributed by atoms with Crippen molar-refractivity contribution in [1.82, 2.24) is 5.32 Å². The SMILES string of the molecule is CCOc1ccc(C2(CNC(=O)CC(CN)OC)CCOCC2)cc1. The minimum absolute atomic E-state index is 0.0332. The molecular formula is C19H30N2O4. The number of ether oxygens (including phenoxy) is 3. The number of methoxy groups -OCH3 is 1. The number of carbonyl (C=O) groups excluding carboxylic acids is 1. The Kier molecular flexibility index (Phi) is 7.68. The second-order valence-electron chi connectivity index (χ2n) is 6.42. The van der Waals surface area contributed by atoms with Gasteiger partial charge in [-0.2, -0.15) is 0 Å². The molecule has 1 aromatic carbocycles. The number of nitrogens with one attached hydrogen (secondary N) is 1. The maximum atomic E-state index is 12.2. The Labute approximate surface area is 150 Å². The van der Waals surface area contributed by atoms with E-state index in [9.17, 15) is 4.79 Å². The fourth-order valence-electron chi connectivity index (χ4n) is 3.21. The van der Waals surface area contributed by atoms with E-state index in [1.807, 2.05) is 19.1 Å². The average molecular weight is 350 g/mol. The zero-order valence-corrected chi connectivity index (χ0v) is 15.3. The van der Waals surface area contributed by atoms with E-state index in [1.165, 1.54) is 5.56 Å². The van der Waals surface area contributed by atoms with Gasteiger partial charge in [0.1, 0.15) is 5.75 Å². The van der Waals surface area contributed by atoms with E-state index in [1.54, 1.807) is 7.11 Å². The van der Waals surface area contributed by atoms with Crippen LogP contribution in [-0.2, 0) is 19.7 Å². The molecule has 1 amide bonds. The van der Waals surface area contributed by atoms with Gasteiger partial charge in [-0.15, -0.1) is 0 Å². The van der Waals surface area contributed by atoms with Crippen molar-refractivity contribution >= 4 is 5.91 Å². The quantitative estimate of drug-likeness (QED) is 0.707. The molecule has 1 fully saturated rings. The molecule has 0 spiro atoms. The van der Waals surface area contributed by atoms with Gasteiger partial charge in [-0.1, -0.05) is 12.1 Å². The predicted molar refractivity (Wildman–Crippen MR) is 96.8 cm³/mol. The highest BCUT2D eigenvalue weighted by Crippen LogP contribution is 2.35. The van der Waals surface area contributed by atoms with Gasteiger partial charge in [0, 0.05) is 38.8 Å². The fourth-order valence-corrected chi connectivity index (χ4v) is 3.21. The summed E-state index contributed by atoms with van der Waals surface area (Å²) in [6, 6.07) is 8.18. The number of hydrogen-bond donors (Lipinski definition) is 2. The van der Waals surface area contributed by atoms with Gasteiger partial charge < -0.3 is 25.3 Å². The Morgan fingerprint density at radius 3 is 2.56 bits per heavy atom. The lowest BCUT2D eigenvalue weighted by atomic mass is 9.74. The first-order valence-corrected chi connectivity index (χ1v) is 8.94. The van der Waals surface area contributed by atoms with E-state index < -0.39 is 0 Å². The molecule has 25 heavy (non-hydrogen) atoms. The molecule has 1 saturated heterocycles. The molecule has 140 valence electrons. The van der Waals surface area contributed by atoms with Crippen molar-refractivity contribution in [3.63, 3.8) is 0 Å². The molecule has 0 saturated carbocycles. The Hall–Kier alpha value is -1.63. The van der Waals surface area contributed by atoms with Gasteiger partial charge >= 0.3 is 0 Å². The van der Waals surface area contributed by atoms with E-state index in [0.29, 0.717) is 32.9 Å². The van der Waals surface area contributed by atoms with Crippen LogP contribution in [0.3, 0.4) is 0 Å². The first-order chi connectivity index (χ1) is 12.1. The number of carbonyl (C=O) groups is 1. The van der Waals surface area contributed by atoms with Crippen molar-refractivity contribution in [3.05, 3.63) is 29.8 Å². The summed E-state index contributed by atoms with van der Waals surface area (Å²) in [5, 5.41) is 3.07. The third kappa shape index (κ3) is 5.42. The monoisotopic (exact) mass is 350 g/mol. The lowest BCUT2D eigenvalue weighted by molar-refractivity contribution is -0.123. The summed E-state index contributed by atoms with van der Waals surface area (Å²) in [6.45, 7) is 4.94. The van der Waals surface area contributed by atoms with Crippen molar-refractivity contribution in [2.75, 3.05) is 40.0 Å². The van der Waals surface area contributed by atoms with Crippen LogP contribution in [0.4, 0.5) is 0 Å². The fraction of sp³-hybridized carbons (Fsp3) is 0.632. The second-order valence-corrected chi connectivity index (χ2v) is 6.42. The molecule has 0 bridgehead atoms. The van der Waals surface area contributed by atoms with Crippen LogP contribution in [0.15, 0.2) is 24.3 Å². The molecule has 6 heteroatoms. The molecule has 0 aliphatic carbocycles. The molecule has 1 heterocycles. The van der Waals surface area contributed by atoms with Gasteiger partial charge in [0.05, 0.1) is 19.1 Å². The summed E-state index contributed by atoms with van der Waals surface area (Å²) >= 11 is 0. The molecule has 1 unspecified atom stereocenters. The minimum Gasteiger partial charge on any atom is -0.494 e. The Morgan fingerprint density at radius 1 is 1.32 bits per heavy atom. The lowest BCUT2D eigenvalue weighted by Gasteiger charge is -2.38. The maximum absolute atomic E-state index is 12.2. The highest BCUT2D eigenvalue weighted by Gasteiger charge is 2.35. The molecule has 1 aromatic rings. The standard InChI is InChI=1S/C19H30N2O4/c1-3-25-16-6-4-15(5-7-16)19(8-10-24-11-9-19)14-21-18(22)12-17(13-20)23-2/h4-7,17H,3,8-14,20H2,1-2H3,(H,21,22). The van der Waals surface area contributed by atoms with Crippen molar-refractivity contribution in [1.29, 1.82) is 0 Å². The zero-order chi connectivity index (χ0) is 18.1. The first-order valence-electron chi connectivity index (χ1n) is 8.94. The Morgan fingerprint density at radius 2 is 2.00 bits per heavy atom. The van der Waals surface area contributed by atoms with Crippen molar-refractivity contribution in [3.8, 4) is 5.75 Å². The average Bonchev–Trinajstić information content (AvgIpc) is 2.66. The van der Waals surface area contributed by atoms with E-state index in [-0.39, 0.29) is 23.8 Å². The van der Waals surface area contributed by atoms with Crippen LogP contribution in [0, 0.1) is 0 Å². The highest BCUT2D eigenvalue weighted by molar-refractivity contribution is 5.76. The molecule has 1 atom stereocenters. The Balaban J connectivity index is 2.05. The van der Waals surface area contributed by atoms with Gasteiger partial charge in [0.2, 0.25) is 5.91 Å². The summed E-state index contributed by atoms with van der Waals surface area (Å²) in [6.07, 6.45) is 1.80. The van der Waals surface area contributed by atoms with Crippen LogP contribution in [0.2, 0.25) is 0 Å². The third-order valence-electron chi connectivity index (χ3n) is 4.86. The summed E-state index contributed by atoms with van der Waals surface area (Å²) in [5.41, 5.74) is 6.70. The maximum Gasteiger partial charge on any atom is 0.222 e. The topological polar surface area (TPSA) is 82.8 Å². The van der Waals surface area contributed by atoms with Crippen LogP contribution in [-0.4, -0.2) is 52.0 Å². The van der Waals surface area contributed by atoms with Gasteiger partial charge in [0.25, 0.3) is 0 Å². The predicted octanol–water partition coefficient (Wildman–Crippen LogP) is 1.61. The van der Waals surface area contributed by atoms with Gasteiger partial charge in [0.15, 0.2) is 0 Å². The van der Waals surface area contributed by atoms with Gasteiger partial charge in [-0.05, 0) is 37.5 Å². The van der Waals surface area contributed by atoms with E-state index in [0.717, 1.165) is 18.6 Å². The van der Waals surface area contributed by atoms with E-state index in [4.69, 9.17) is 19.9 Å². The van der Waals surface area contributed by atoms with Crippen LogP contribution >= 0.6 is 0 Å². The number of hydrogen-bond acceptors (Lipinski definition) is 5. The molecule has 2 rings (SSSR count). The highest BCUT2D eigenvalue weighted by atomic mass is 16.5. The Bertz CT molecular complexity index is 523. The smallest absolute Gasteiger partial charge is 0.222 e.